The van der Waals surface area contributed by atoms with Gasteiger partial charge >= 0.3 is 5.63 Å². The van der Waals surface area contributed by atoms with Gasteiger partial charge in [-0.25, -0.2) is 4.79 Å². The highest BCUT2D eigenvalue weighted by atomic mass is 19.2. The zero-order chi connectivity index (χ0) is 9.30. The molecule has 1 aromatic heterocycles. The molecular weight excluding hydrogens is 161 g/mol. The van der Waals surface area contributed by atoms with Crippen LogP contribution < -0.4 is 5.63 Å². The predicted octanol–water partition coefficient (Wildman–Crippen LogP) is 1.93. The summed E-state index contributed by atoms with van der Waals surface area (Å²) in [5.41, 5.74) is -0.189. The van der Waals surface area contributed by atoms with E-state index in [0.717, 1.165) is 6.20 Å². The van der Waals surface area contributed by atoms with Crippen LogP contribution in [0.1, 0.15) is 32.3 Å². The zero-order valence-electron chi connectivity index (χ0n) is 7.37. The highest BCUT2D eigenvalue weighted by Gasteiger charge is 2.17. The molecule has 68 valence electrons. The lowest BCUT2D eigenvalue weighted by Gasteiger charge is -2.10. The molecule has 1 aromatic rings. The Kier molecular flexibility index (Phi) is 2.35. The van der Waals surface area contributed by atoms with Crippen LogP contribution in [-0.4, -0.2) is 4.96 Å². The van der Waals surface area contributed by atoms with E-state index in [4.69, 9.17) is 0 Å². The van der Waals surface area contributed by atoms with E-state index in [1.807, 2.05) is 20.8 Å². The molecule has 0 aromatic carbocycles. The Hall–Kier alpha value is -1.06. The van der Waals surface area contributed by atoms with Crippen LogP contribution in [0.3, 0.4) is 0 Å². The monoisotopic (exact) mass is 173 g/mol. The molecule has 0 N–H and O–H groups in total. The molecule has 3 nitrogen and oxygen atoms in total. The Bertz CT molecular complexity index is 313. The number of hydrogen-bond donors (Lipinski definition) is 0. The fourth-order valence-electron chi connectivity index (χ4n) is 0.983. The first-order valence-electron chi connectivity index (χ1n) is 3.91. The minimum Gasteiger partial charge on any atom is -0.306 e. The van der Waals surface area contributed by atoms with Gasteiger partial charge in [-0.3, -0.25) is 0 Å². The number of rotatable bonds is 2. The van der Waals surface area contributed by atoms with Crippen molar-refractivity contribution in [3.8, 4) is 0 Å². The van der Waals surface area contributed by atoms with Gasteiger partial charge in [0.25, 0.3) is 0 Å². The van der Waals surface area contributed by atoms with Gasteiger partial charge in [0.15, 0.2) is 0 Å². The van der Waals surface area contributed by atoms with E-state index in [0.29, 0.717) is 11.5 Å². The molecule has 1 heterocycles. The van der Waals surface area contributed by atoms with Gasteiger partial charge in [0.1, 0.15) is 0 Å². The Morgan fingerprint density at radius 3 is 2.42 bits per heavy atom. The summed E-state index contributed by atoms with van der Waals surface area (Å²) in [4.78, 5) is 10.9. The minimum atomic E-state index is -0.585. The normalized spacial score (nSPS) is 13.8. The Balaban J connectivity index is 3.02. The van der Waals surface area contributed by atoms with E-state index in [2.05, 4.69) is 4.52 Å². The molecule has 0 amide bonds. The number of nitrogens with zero attached hydrogens (tertiary/aromatic N) is 1. The average molecular weight is 173 g/mol. The first kappa shape index (κ1) is 9.03. The van der Waals surface area contributed by atoms with Crippen molar-refractivity contribution in [3.63, 3.8) is 0 Å². The molecule has 0 spiro atoms. The van der Waals surface area contributed by atoms with E-state index in [1.54, 1.807) is 0 Å². The molecule has 1 rings (SSSR count). The minimum absolute atomic E-state index is 0.0262. The maximum Gasteiger partial charge on any atom is 0.364 e. The largest absolute Gasteiger partial charge is 0.364 e. The highest BCUT2D eigenvalue weighted by Crippen LogP contribution is 2.20. The van der Waals surface area contributed by atoms with E-state index >= 15 is 0 Å². The molecule has 0 aliphatic carbocycles. The van der Waals surface area contributed by atoms with Crippen molar-refractivity contribution in [1.82, 2.24) is 4.96 Å². The molecular formula is C8H12FNO2. The Morgan fingerprint density at radius 1 is 1.50 bits per heavy atom. The quantitative estimate of drug-likeness (QED) is 0.685. The summed E-state index contributed by atoms with van der Waals surface area (Å²) in [6.45, 7) is 5.82. The van der Waals surface area contributed by atoms with Crippen molar-refractivity contribution in [1.29, 1.82) is 0 Å². The van der Waals surface area contributed by atoms with Crippen LogP contribution in [0.2, 0.25) is 0 Å². The maximum atomic E-state index is 12.4. The van der Waals surface area contributed by atoms with Crippen molar-refractivity contribution in [2.45, 2.75) is 26.7 Å². The fourth-order valence-corrected chi connectivity index (χ4v) is 0.983. The van der Waals surface area contributed by atoms with E-state index < -0.39 is 5.63 Å². The standard InChI is InChI=1S/C8H12FNO2/c1-5(2)6(3)7-4-10(9)12-8(7)11/h4-6H,1-3H3. The molecule has 0 saturated heterocycles. The summed E-state index contributed by atoms with van der Waals surface area (Å²) in [7, 11) is 0. The second kappa shape index (κ2) is 3.13. The first-order valence-corrected chi connectivity index (χ1v) is 3.91. The summed E-state index contributed by atoms with van der Waals surface area (Å²) in [6, 6.07) is 0. The smallest absolute Gasteiger partial charge is 0.306 e. The van der Waals surface area contributed by atoms with Gasteiger partial charge in [0.2, 0.25) is 0 Å². The Labute approximate surface area is 69.7 Å². The number of halogens is 1. The van der Waals surface area contributed by atoms with Gasteiger partial charge in [-0.05, 0) is 16.8 Å². The number of hydrogen-bond acceptors (Lipinski definition) is 2. The third kappa shape index (κ3) is 1.57. The van der Waals surface area contributed by atoms with Crippen LogP contribution in [0.15, 0.2) is 15.5 Å². The van der Waals surface area contributed by atoms with Crippen LogP contribution in [0.25, 0.3) is 0 Å². The Morgan fingerprint density at radius 2 is 2.08 bits per heavy atom. The number of aromatic nitrogens is 1. The average Bonchev–Trinajstić information content (AvgIpc) is 2.28. The summed E-state index contributed by atoms with van der Waals surface area (Å²) in [5, 5.41) is 0. The lowest BCUT2D eigenvalue weighted by atomic mass is 9.93. The lowest BCUT2D eigenvalue weighted by Crippen LogP contribution is -2.10. The van der Waals surface area contributed by atoms with E-state index in [-0.39, 0.29) is 10.9 Å². The van der Waals surface area contributed by atoms with Crippen molar-refractivity contribution >= 4 is 0 Å². The highest BCUT2D eigenvalue weighted by molar-refractivity contribution is 5.08. The van der Waals surface area contributed by atoms with Gasteiger partial charge in [-0.1, -0.05) is 25.3 Å². The molecule has 0 aliphatic rings. The summed E-state index contributed by atoms with van der Waals surface area (Å²) < 4.78 is 16.5. The van der Waals surface area contributed by atoms with Crippen LogP contribution in [0.5, 0.6) is 0 Å². The van der Waals surface area contributed by atoms with Crippen molar-refractivity contribution < 1.29 is 9.00 Å². The third-order valence-electron chi connectivity index (χ3n) is 2.14. The van der Waals surface area contributed by atoms with Crippen LogP contribution in [0.4, 0.5) is 4.48 Å². The summed E-state index contributed by atoms with van der Waals surface area (Å²) >= 11 is 0. The van der Waals surface area contributed by atoms with E-state index in [9.17, 15) is 9.28 Å². The topological polar surface area (TPSA) is 35.1 Å². The van der Waals surface area contributed by atoms with Crippen LogP contribution in [0, 0.1) is 5.92 Å². The van der Waals surface area contributed by atoms with Crippen LogP contribution >= 0.6 is 0 Å². The predicted molar refractivity (Wildman–Crippen MR) is 42.7 cm³/mol. The van der Waals surface area contributed by atoms with Crippen molar-refractivity contribution in [2.24, 2.45) is 5.92 Å². The SMILES string of the molecule is CC(C)C(C)c1cn(F)oc1=O. The molecule has 0 saturated carbocycles. The molecule has 0 aliphatic heterocycles. The molecule has 12 heavy (non-hydrogen) atoms. The molecule has 0 fully saturated rings. The van der Waals surface area contributed by atoms with Gasteiger partial charge in [0.05, 0.1) is 11.8 Å². The van der Waals surface area contributed by atoms with Crippen LogP contribution in [-0.2, 0) is 0 Å². The van der Waals surface area contributed by atoms with Crippen molar-refractivity contribution in [3.05, 3.63) is 22.2 Å². The molecule has 1 unspecified atom stereocenters. The van der Waals surface area contributed by atoms with Gasteiger partial charge < -0.3 is 4.52 Å². The molecule has 0 bridgehead atoms. The third-order valence-corrected chi connectivity index (χ3v) is 2.14. The second-order valence-electron chi connectivity index (χ2n) is 3.27. The molecule has 4 heteroatoms. The van der Waals surface area contributed by atoms with Gasteiger partial charge in [-0.15, -0.1) is 0 Å². The maximum absolute atomic E-state index is 12.4. The van der Waals surface area contributed by atoms with Gasteiger partial charge in [0, 0.05) is 0 Å². The molecule has 0 radical (unpaired) electrons. The lowest BCUT2D eigenvalue weighted by molar-refractivity contribution is 0.105. The summed E-state index contributed by atoms with van der Waals surface area (Å²) in [5.74, 6) is 0.327. The summed E-state index contributed by atoms with van der Waals surface area (Å²) in [6.07, 6.45) is 1.09. The van der Waals surface area contributed by atoms with Crippen molar-refractivity contribution in [2.75, 3.05) is 0 Å². The second-order valence-corrected chi connectivity index (χ2v) is 3.27. The van der Waals surface area contributed by atoms with Gasteiger partial charge in [-0.2, -0.15) is 0 Å². The fraction of sp³-hybridized carbons (Fsp3) is 0.625. The zero-order valence-corrected chi connectivity index (χ0v) is 7.37. The molecule has 1 atom stereocenters. The first-order chi connectivity index (χ1) is 5.52. The van der Waals surface area contributed by atoms with E-state index in [1.165, 1.54) is 0 Å².